The Balaban J connectivity index is 1.80. The lowest BCUT2D eigenvalue weighted by atomic mass is 10.1. The summed E-state index contributed by atoms with van der Waals surface area (Å²) in [6.07, 6.45) is 1.42. The third-order valence-electron chi connectivity index (χ3n) is 3.29. The van der Waals surface area contributed by atoms with Crippen LogP contribution in [0.3, 0.4) is 0 Å². The van der Waals surface area contributed by atoms with Crippen molar-refractivity contribution in [3.05, 3.63) is 27.6 Å². The van der Waals surface area contributed by atoms with Gasteiger partial charge >= 0.3 is 0 Å². The topological polar surface area (TPSA) is 69.2 Å². The molecule has 0 aromatic carbocycles. The summed E-state index contributed by atoms with van der Waals surface area (Å²) in [7, 11) is 0. The molecule has 0 unspecified atom stereocenters. The molecular formula is C12H15N3O2S. The molecule has 5 nitrogen and oxygen atoms in total. The maximum absolute atomic E-state index is 11.8. The largest absolute Gasteiger partial charge is 0.393 e. The predicted molar refractivity (Wildman–Crippen MR) is 70.8 cm³/mol. The van der Waals surface area contributed by atoms with Crippen molar-refractivity contribution in [1.82, 2.24) is 14.9 Å². The van der Waals surface area contributed by atoms with Crippen LogP contribution in [0.2, 0.25) is 0 Å². The molecule has 0 aliphatic carbocycles. The fraction of sp³-hybridized carbons (Fsp3) is 0.500. The van der Waals surface area contributed by atoms with Gasteiger partial charge < -0.3 is 10.1 Å². The molecule has 0 bridgehead atoms. The number of hydrogen-bond donors (Lipinski definition) is 2. The normalized spacial score (nSPS) is 18.5. The van der Waals surface area contributed by atoms with Crippen molar-refractivity contribution in [2.24, 2.45) is 0 Å². The summed E-state index contributed by atoms with van der Waals surface area (Å²) in [5, 5.41) is 11.3. The van der Waals surface area contributed by atoms with E-state index in [-0.39, 0.29) is 11.7 Å². The molecule has 2 N–H and O–H groups in total. The number of aromatic amines is 1. The number of fused-ring (bicyclic) bond motifs is 1. The maximum Gasteiger partial charge on any atom is 0.268 e. The number of likely N-dealkylation sites (tertiary alicyclic amines) is 1. The van der Waals surface area contributed by atoms with Gasteiger partial charge in [-0.3, -0.25) is 9.69 Å². The minimum absolute atomic E-state index is 0.0537. The summed E-state index contributed by atoms with van der Waals surface area (Å²) in [5.41, 5.74) is 0.720. The van der Waals surface area contributed by atoms with Gasteiger partial charge in [0.05, 0.1) is 18.2 Å². The number of piperidine rings is 1. The summed E-state index contributed by atoms with van der Waals surface area (Å²) in [5.74, 6) is 0.710. The molecule has 1 aliphatic heterocycles. The van der Waals surface area contributed by atoms with E-state index < -0.39 is 0 Å². The van der Waals surface area contributed by atoms with Gasteiger partial charge in [-0.1, -0.05) is 0 Å². The Hall–Kier alpha value is -1.24. The Labute approximate surface area is 108 Å². The number of aromatic nitrogens is 2. The fourth-order valence-electron chi connectivity index (χ4n) is 2.29. The quantitative estimate of drug-likeness (QED) is 0.848. The van der Waals surface area contributed by atoms with Gasteiger partial charge in [-0.2, -0.15) is 0 Å². The highest BCUT2D eigenvalue weighted by atomic mass is 32.1. The van der Waals surface area contributed by atoms with Crippen LogP contribution in [0.1, 0.15) is 18.7 Å². The van der Waals surface area contributed by atoms with Gasteiger partial charge in [0.15, 0.2) is 0 Å². The van der Waals surface area contributed by atoms with E-state index in [0.717, 1.165) is 31.4 Å². The van der Waals surface area contributed by atoms with Crippen LogP contribution in [0.15, 0.2) is 16.2 Å². The number of H-pyrrole nitrogens is 1. The van der Waals surface area contributed by atoms with E-state index in [4.69, 9.17) is 0 Å². The van der Waals surface area contributed by atoms with Crippen molar-refractivity contribution in [3.63, 3.8) is 0 Å². The summed E-state index contributed by atoms with van der Waals surface area (Å²) in [4.78, 5) is 21.3. The zero-order valence-corrected chi connectivity index (χ0v) is 10.7. The van der Waals surface area contributed by atoms with Crippen LogP contribution < -0.4 is 5.56 Å². The van der Waals surface area contributed by atoms with Crippen LogP contribution in [-0.4, -0.2) is 39.2 Å². The van der Waals surface area contributed by atoms with Gasteiger partial charge in [-0.15, -0.1) is 11.3 Å². The van der Waals surface area contributed by atoms with Crippen molar-refractivity contribution < 1.29 is 5.11 Å². The second-order valence-electron chi connectivity index (χ2n) is 4.65. The van der Waals surface area contributed by atoms with Crippen LogP contribution in [0.4, 0.5) is 0 Å². The molecule has 0 spiro atoms. The smallest absolute Gasteiger partial charge is 0.268 e. The van der Waals surface area contributed by atoms with E-state index in [1.54, 1.807) is 0 Å². The Kier molecular flexibility index (Phi) is 3.15. The van der Waals surface area contributed by atoms with Gasteiger partial charge in [0.1, 0.15) is 10.5 Å². The van der Waals surface area contributed by atoms with Crippen molar-refractivity contribution >= 4 is 21.6 Å². The molecule has 1 saturated heterocycles. The first-order valence-corrected chi connectivity index (χ1v) is 6.97. The number of hydrogen-bond acceptors (Lipinski definition) is 5. The zero-order valence-electron chi connectivity index (χ0n) is 9.93. The molecular weight excluding hydrogens is 250 g/mol. The molecule has 0 amide bonds. The standard InChI is InChI=1S/C12H15N3O2S/c16-8-1-4-15(5-2-8)7-10-13-9-3-6-18-11(9)12(17)14-10/h3,6,8,16H,1-2,4-5,7H2,(H,13,14,17). The molecule has 1 aliphatic rings. The first-order valence-electron chi connectivity index (χ1n) is 6.09. The highest BCUT2D eigenvalue weighted by Crippen LogP contribution is 2.15. The summed E-state index contributed by atoms with van der Waals surface area (Å²) in [6.45, 7) is 2.35. The summed E-state index contributed by atoms with van der Waals surface area (Å²) in [6, 6.07) is 1.87. The molecule has 0 saturated carbocycles. The van der Waals surface area contributed by atoms with Gasteiger partial charge in [0, 0.05) is 13.1 Å². The molecule has 0 atom stereocenters. The highest BCUT2D eigenvalue weighted by Gasteiger charge is 2.18. The van der Waals surface area contributed by atoms with Gasteiger partial charge in [-0.05, 0) is 24.3 Å². The molecule has 2 aromatic heterocycles. The Morgan fingerprint density at radius 2 is 2.28 bits per heavy atom. The van der Waals surface area contributed by atoms with E-state index in [2.05, 4.69) is 14.9 Å². The molecule has 2 aromatic rings. The average molecular weight is 265 g/mol. The monoisotopic (exact) mass is 265 g/mol. The van der Waals surface area contributed by atoms with Crippen molar-refractivity contribution in [2.45, 2.75) is 25.5 Å². The van der Waals surface area contributed by atoms with Crippen molar-refractivity contribution in [3.8, 4) is 0 Å². The van der Waals surface area contributed by atoms with E-state index in [9.17, 15) is 9.90 Å². The third-order valence-corrected chi connectivity index (χ3v) is 4.20. The summed E-state index contributed by atoms with van der Waals surface area (Å²) >= 11 is 1.42. The van der Waals surface area contributed by atoms with Gasteiger partial charge in [0.2, 0.25) is 0 Å². The SMILES string of the molecule is O=c1[nH]c(CN2CCC(O)CC2)nc2ccsc12. The average Bonchev–Trinajstić information content (AvgIpc) is 2.81. The molecule has 0 radical (unpaired) electrons. The Bertz CT molecular complexity index is 599. The number of nitrogens with zero attached hydrogens (tertiary/aromatic N) is 2. The number of thiophene rings is 1. The zero-order chi connectivity index (χ0) is 12.5. The van der Waals surface area contributed by atoms with Crippen LogP contribution in [0.25, 0.3) is 10.2 Å². The molecule has 1 fully saturated rings. The molecule has 3 rings (SSSR count). The lowest BCUT2D eigenvalue weighted by Gasteiger charge is -2.28. The molecule has 18 heavy (non-hydrogen) atoms. The first-order chi connectivity index (χ1) is 8.72. The van der Waals surface area contributed by atoms with Crippen molar-refractivity contribution in [2.75, 3.05) is 13.1 Å². The van der Waals surface area contributed by atoms with Crippen LogP contribution in [0.5, 0.6) is 0 Å². The third kappa shape index (κ3) is 2.31. The van der Waals surface area contributed by atoms with Crippen LogP contribution in [0, 0.1) is 0 Å². The lowest BCUT2D eigenvalue weighted by Crippen LogP contribution is -2.36. The van der Waals surface area contributed by atoms with Crippen LogP contribution >= 0.6 is 11.3 Å². The number of aliphatic hydroxyl groups excluding tert-OH is 1. The number of nitrogens with one attached hydrogen (secondary N) is 1. The minimum Gasteiger partial charge on any atom is -0.393 e. The maximum atomic E-state index is 11.8. The molecule has 6 heteroatoms. The number of rotatable bonds is 2. The van der Waals surface area contributed by atoms with E-state index in [1.165, 1.54) is 11.3 Å². The fourth-order valence-corrected chi connectivity index (χ4v) is 3.01. The molecule has 3 heterocycles. The van der Waals surface area contributed by atoms with E-state index >= 15 is 0 Å². The second kappa shape index (κ2) is 4.79. The Morgan fingerprint density at radius 3 is 3.06 bits per heavy atom. The number of aliphatic hydroxyl groups is 1. The van der Waals surface area contributed by atoms with Gasteiger partial charge in [0.25, 0.3) is 5.56 Å². The summed E-state index contributed by atoms with van der Waals surface area (Å²) < 4.78 is 0.688. The highest BCUT2D eigenvalue weighted by molar-refractivity contribution is 7.17. The van der Waals surface area contributed by atoms with E-state index in [0.29, 0.717) is 17.1 Å². The van der Waals surface area contributed by atoms with Crippen LogP contribution in [-0.2, 0) is 6.54 Å². The van der Waals surface area contributed by atoms with E-state index in [1.807, 2.05) is 11.4 Å². The Morgan fingerprint density at radius 1 is 1.50 bits per heavy atom. The minimum atomic E-state index is -0.174. The van der Waals surface area contributed by atoms with Crippen molar-refractivity contribution in [1.29, 1.82) is 0 Å². The predicted octanol–water partition coefficient (Wildman–Crippen LogP) is 0.941. The first kappa shape index (κ1) is 11.8. The second-order valence-corrected chi connectivity index (χ2v) is 5.57. The van der Waals surface area contributed by atoms with Gasteiger partial charge in [-0.25, -0.2) is 4.98 Å². The lowest BCUT2D eigenvalue weighted by molar-refractivity contribution is 0.0780. The molecule has 96 valence electrons.